The number of alkyl halides is 3. The summed E-state index contributed by atoms with van der Waals surface area (Å²) in [7, 11) is 3.49. The van der Waals surface area contributed by atoms with E-state index in [9.17, 15) is 13.2 Å². The van der Waals surface area contributed by atoms with Gasteiger partial charge < -0.3 is 14.5 Å². The highest BCUT2D eigenvalue weighted by Crippen LogP contribution is 2.31. The van der Waals surface area contributed by atoms with E-state index >= 15 is 0 Å². The molecule has 0 aromatic carbocycles. The molecule has 0 atom stereocenters. The molecule has 2 aromatic heterocycles. The maximum absolute atomic E-state index is 13.0. The van der Waals surface area contributed by atoms with Crippen LogP contribution in [0.25, 0.3) is 0 Å². The quantitative estimate of drug-likeness (QED) is 0.770. The number of anilines is 2. The van der Waals surface area contributed by atoms with Crippen molar-refractivity contribution in [2.45, 2.75) is 25.9 Å². The van der Waals surface area contributed by atoms with Crippen LogP contribution in [0.1, 0.15) is 24.4 Å². The Hall–Kier alpha value is -2.65. The molecule has 1 aliphatic rings. The fourth-order valence-corrected chi connectivity index (χ4v) is 3.40. The highest BCUT2D eigenvalue weighted by molar-refractivity contribution is 5.47. The molecule has 0 radical (unpaired) electrons. The first-order valence-electron chi connectivity index (χ1n) is 9.02. The second-order valence-corrected chi connectivity index (χ2v) is 6.86. The van der Waals surface area contributed by atoms with Gasteiger partial charge in [0.15, 0.2) is 5.82 Å². The number of piperidine rings is 1. The molecule has 0 unspecified atom stereocenters. The molecule has 152 valence electrons. The van der Waals surface area contributed by atoms with Crippen molar-refractivity contribution < 1.29 is 17.9 Å². The maximum Gasteiger partial charge on any atom is 0.433 e. The molecule has 2 aromatic rings. The number of nitrogens with zero attached hydrogens (tertiary/aromatic N) is 6. The highest BCUT2D eigenvalue weighted by Gasteiger charge is 2.34. The van der Waals surface area contributed by atoms with E-state index in [-0.39, 0.29) is 5.82 Å². The highest BCUT2D eigenvalue weighted by atomic mass is 19.4. The van der Waals surface area contributed by atoms with Crippen molar-refractivity contribution in [1.29, 1.82) is 0 Å². The molecule has 0 saturated carbocycles. The Morgan fingerprint density at radius 2 is 1.86 bits per heavy atom. The van der Waals surface area contributed by atoms with Crippen LogP contribution in [0.3, 0.4) is 0 Å². The Morgan fingerprint density at radius 3 is 2.50 bits per heavy atom. The zero-order valence-corrected chi connectivity index (χ0v) is 16.1. The second kappa shape index (κ2) is 8.15. The molecule has 0 amide bonds. The Bertz CT molecular complexity index is 808. The van der Waals surface area contributed by atoms with Gasteiger partial charge in [0.25, 0.3) is 5.88 Å². The number of aromatic nitrogens is 4. The van der Waals surface area contributed by atoms with Crippen LogP contribution in [0.4, 0.5) is 24.8 Å². The van der Waals surface area contributed by atoms with Crippen LogP contribution in [0.15, 0.2) is 18.5 Å². The van der Waals surface area contributed by atoms with Gasteiger partial charge in [-0.2, -0.15) is 13.2 Å². The van der Waals surface area contributed by atoms with Crippen molar-refractivity contribution >= 4 is 11.6 Å². The third-order valence-electron chi connectivity index (χ3n) is 4.79. The van der Waals surface area contributed by atoms with Crippen LogP contribution in [0.2, 0.25) is 0 Å². The minimum atomic E-state index is -4.47. The molecular formula is C18H23F3N6O. The lowest BCUT2D eigenvalue weighted by molar-refractivity contribution is -0.141. The Morgan fingerprint density at radius 1 is 1.18 bits per heavy atom. The minimum absolute atomic E-state index is 0.126. The van der Waals surface area contributed by atoms with Crippen molar-refractivity contribution in [2.24, 2.45) is 5.92 Å². The van der Waals surface area contributed by atoms with Crippen molar-refractivity contribution in [3.05, 3.63) is 30.0 Å². The van der Waals surface area contributed by atoms with E-state index < -0.39 is 11.9 Å². The molecule has 3 heterocycles. The molecule has 0 N–H and O–H groups in total. The molecule has 0 spiro atoms. The maximum atomic E-state index is 13.0. The summed E-state index contributed by atoms with van der Waals surface area (Å²) in [6.07, 6.45) is 0.411. The van der Waals surface area contributed by atoms with Gasteiger partial charge in [0, 0.05) is 45.1 Å². The molecule has 0 aliphatic carbocycles. The monoisotopic (exact) mass is 396 g/mol. The lowest BCUT2D eigenvalue weighted by Crippen LogP contribution is -2.38. The van der Waals surface area contributed by atoms with Gasteiger partial charge in [-0.05, 0) is 25.7 Å². The van der Waals surface area contributed by atoms with Crippen molar-refractivity contribution in [3.8, 4) is 5.88 Å². The van der Waals surface area contributed by atoms with Gasteiger partial charge in [0.1, 0.15) is 17.3 Å². The third kappa shape index (κ3) is 4.60. The lowest BCUT2D eigenvalue weighted by atomic mass is 9.96. The molecule has 1 fully saturated rings. The average molecular weight is 396 g/mol. The minimum Gasteiger partial charge on any atom is -0.478 e. The van der Waals surface area contributed by atoms with Crippen molar-refractivity contribution in [1.82, 2.24) is 19.9 Å². The topological polar surface area (TPSA) is 67.3 Å². The summed E-state index contributed by atoms with van der Waals surface area (Å²) in [5, 5.41) is 0. The molecule has 28 heavy (non-hydrogen) atoms. The number of hydrogen-bond donors (Lipinski definition) is 0. The first kappa shape index (κ1) is 20.1. The summed E-state index contributed by atoms with van der Waals surface area (Å²) in [5.41, 5.74) is -0.897. The van der Waals surface area contributed by atoms with Crippen LogP contribution in [0.5, 0.6) is 5.88 Å². The van der Waals surface area contributed by atoms with Crippen LogP contribution in [-0.4, -0.2) is 53.7 Å². The molecular weight excluding hydrogens is 373 g/mol. The van der Waals surface area contributed by atoms with E-state index in [4.69, 9.17) is 4.74 Å². The number of hydrogen-bond acceptors (Lipinski definition) is 7. The van der Waals surface area contributed by atoms with E-state index in [1.54, 1.807) is 19.5 Å². The van der Waals surface area contributed by atoms with E-state index in [2.05, 4.69) is 19.9 Å². The fraction of sp³-hybridized carbons (Fsp3) is 0.556. The summed E-state index contributed by atoms with van der Waals surface area (Å²) in [5.74, 6) is 1.99. The van der Waals surface area contributed by atoms with Gasteiger partial charge in [-0.25, -0.2) is 19.9 Å². The summed E-state index contributed by atoms with van der Waals surface area (Å²) >= 11 is 0. The second-order valence-electron chi connectivity index (χ2n) is 6.86. The summed E-state index contributed by atoms with van der Waals surface area (Å²) in [6.45, 7) is 3.53. The molecule has 10 heteroatoms. The van der Waals surface area contributed by atoms with Gasteiger partial charge in [-0.15, -0.1) is 0 Å². The van der Waals surface area contributed by atoms with E-state index in [0.717, 1.165) is 25.5 Å². The number of aryl methyl sites for hydroxylation is 1. The fourth-order valence-electron chi connectivity index (χ4n) is 3.40. The van der Waals surface area contributed by atoms with Gasteiger partial charge in [-0.3, -0.25) is 0 Å². The van der Waals surface area contributed by atoms with Crippen LogP contribution in [-0.2, 0) is 6.18 Å². The summed E-state index contributed by atoms with van der Waals surface area (Å²) < 4.78 is 44.3. The zero-order chi connectivity index (χ0) is 20.3. The lowest BCUT2D eigenvalue weighted by Gasteiger charge is -2.35. The molecule has 1 aliphatic heterocycles. The van der Waals surface area contributed by atoms with Gasteiger partial charge in [0.2, 0.25) is 0 Å². The first-order valence-corrected chi connectivity index (χ1v) is 9.02. The predicted octanol–water partition coefficient (Wildman–Crippen LogP) is 2.96. The van der Waals surface area contributed by atoms with Crippen LogP contribution < -0.4 is 14.5 Å². The standard InChI is InChI=1S/C18H23F3N6O/c1-12-24-14(18(19,20)21)10-15(25-12)27-8-4-13(5-9-27)11-26(2)16-17(28-3)23-7-6-22-16/h6-7,10,13H,4-5,8-9,11H2,1-3H3. The third-order valence-corrected chi connectivity index (χ3v) is 4.79. The zero-order valence-electron chi connectivity index (χ0n) is 16.1. The Balaban J connectivity index is 1.63. The molecule has 3 rings (SSSR count). The van der Waals surface area contributed by atoms with Crippen molar-refractivity contribution in [3.63, 3.8) is 0 Å². The predicted molar refractivity (Wildman–Crippen MR) is 98.6 cm³/mol. The summed E-state index contributed by atoms with van der Waals surface area (Å²) in [6, 6.07) is 1.03. The SMILES string of the molecule is COc1nccnc1N(C)CC1CCN(c2cc(C(F)(F)F)nc(C)n2)CC1. The number of methoxy groups -OCH3 is 1. The van der Waals surface area contributed by atoms with Crippen molar-refractivity contribution in [2.75, 3.05) is 43.6 Å². The van der Waals surface area contributed by atoms with E-state index in [1.807, 2.05) is 16.8 Å². The number of rotatable bonds is 5. The number of ether oxygens (including phenoxy) is 1. The van der Waals surface area contributed by atoms with Gasteiger partial charge in [0.05, 0.1) is 7.11 Å². The summed E-state index contributed by atoms with van der Waals surface area (Å²) in [4.78, 5) is 20.1. The normalized spacial score (nSPS) is 15.6. The largest absolute Gasteiger partial charge is 0.478 e. The molecule has 0 bridgehead atoms. The van der Waals surface area contributed by atoms with E-state index in [0.29, 0.717) is 36.5 Å². The average Bonchev–Trinajstić information content (AvgIpc) is 2.67. The van der Waals surface area contributed by atoms with E-state index in [1.165, 1.54) is 6.92 Å². The first-order chi connectivity index (χ1) is 13.3. The smallest absolute Gasteiger partial charge is 0.433 e. The van der Waals surface area contributed by atoms with Gasteiger partial charge in [-0.1, -0.05) is 0 Å². The Labute approximate surface area is 161 Å². The van der Waals surface area contributed by atoms with Gasteiger partial charge >= 0.3 is 6.18 Å². The molecule has 7 nitrogen and oxygen atoms in total. The van der Waals surface area contributed by atoms with Crippen LogP contribution in [0, 0.1) is 12.8 Å². The van der Waals surface area contributed by atoms with Crippen LogP contribution >= 0.6 is 0 Å². The molecule has 1 saturated heterocycles. The number of halogens is 3. The Kier molecular flexibility index (Phi) is 5.85.